The molecule has 1 saturated carbocycles. The summed E-state index contributed by atoms with van der Waals surface area (Å²) in [5.74, 6) is -0.0102. The molecular weight excluding hydrogens is 294 g/mol. The van der Waals surface area contributed by atoms with Crippen molar-refractivity contribution < 1.29 is 14.7 Å². The molecule has 1 spiro atoms. The van der Waals surface area contributed by atoms with E-state index in [9.17, 15) is 14.7 Å². The van der Waals surface area contributed by atoms with E-state index in [1.807, 2.05) is 0 Å². The van der Waals surface area contributed by atoms with Crippen LogP contribution >= 0.6 is 0 Å². The maximum atomic E-state index is 12.6. The van der Waals surface area contributed by atoms with Gasteiger partial charge in [0.1, 0.15) is 11.3 Å². The van der Waals surface area contributed by atoms with Crippen LogP contribution in [0.4, 0.5) is 4.79 Å². The van der Waals surface area contributed by atoms with Crippen molar-refractivity contribution in [2.24, 2.45) is 5.10 Å². The third-order valence-electron chi connectivity index (χ3n) is 4.68. The van der Waals surface area contributed by atoms with E-state index in [0.29, 0.717) is 12.8 Å². The highest BCUT2D eigenvalue weighted by atomic mass is 16.3. The molecule has 1 aliphatic heterocycles. The summed E-state index contributed by atoms with van der Waals surface area (Å²) in [6, 6.07) is 3.07. The number of carbonyl (C=O) groups is 2. The highest BCUT2D eigenvalue weighted by Gasteiger charge is 2.51. The fourth-order valence-corrected chi connectivity index (χ4v) is 3.39. The number of hydrogen-bond acceptors (Lipinski definition) is 4. The number of hydrogen-bond donors (Lipinski definition) is 2. The molecule has 0 atom stereocenters. The van der Waals surface area contributed by atoms with Crippen molar-refractivity contribution in [1.29, 1.82) is 0 Å². The molecule has 0 radical (unpaired) electrons. The van der Waals surface area contributed by atoms with E-state index >= 15 is 0 Å². The van der Waals surface area contributed by atoms with Crippen LogP contribution in [0, 0.1) is 13.8 Å². The Morgan fingerprint density at radius 1 is 1.17 bits per heavy atom. The summed E-state index contributed by atoms with van der Waals surface area (Å²) in [6.45, 7) is 3.59. The van der Waals surface area contributed by atoms with Crippen molar-refractivity contribution in [3.8, 4) is 5.75 Å². The predicted octanol–water partition coefficient (Wildman–Crippen LogP) is 2.60. The average Bonchev–Trinajstić information content (AvgIpc) is 2.74. The minimum Gasteiger partial charge on any atom is -0.507 e. The lowest BCUT2D eigenvalue weighted by Gasteiger charge is -2.29. The van der Waals surface area contributed by atoms with E-state index < -0.39 is 11.6 Å². The Bertz CT molecular complexity index is 667. The predicted molar refractivity (Wildman–Crippen MR) is 86.4 cm³/mol. The number of nitrogens with one attached hydrogen (secondary N) is 1. The Kier molecular flexibility index (Phi) is 3.83. The number of rotatable bonds is 2. The number of phenols is 1. The fourth-order valence-electron chi connectivity index (χ4n) is 3.39. The molecule has 3 rings (SSSR count). The number of urea groups is 1. The van der Waals surface area contributed by atoms with Crippen LogP contribution in [-0.2, 0) is 4.79 Å². The van der Waals surface area contributed by atoms with Gasteiger partial charge in [0.05, 0.1) is 6.21 Å². The molecule has 1 heterocycles. The molecule has 6 heteroatoms. The lowest BCUT2D eigenvalue weighted by molar-refractivity contribution is -0.132. The normalized spacial score (nSPS) is 20.5. The topological polar surface area (TPSA) is 82.0 Å². The van der Waals surface area contributed by atoms with Gasteiger partial charge in [-0.15, -0.1) is 5.01 Å². The van der Waals surface area contributed by atoms with Gasteiger partial charge in [-0.25, -0.2) is 4.79 Å². The highest BCUT2D eigenvalue weighted by Crippen LogP contribution is 2.33. The van der Waals surface area contributed by atoms with E-state index in [2.05, 4.69) is 10.4 Å². The molecule has 1 saturated heterocycles. The van der Waals surface area contributed by atoms with Crippen molar-refractivity contribution in [1.82, 2.24) is 10.3 Å². The number of phenolic OH excluding ortho intramolecular Hbond substituents is 1. The number of aryl methyl sites for hydroxylation is 2. The van der Waals surface area contributed by atoms with Gasteiger partial charge in [0.2, 0.25) is 0 Å². The van der Waals surface area contributed by atoms with Gasteiger partial charge >= 0.3 is 6.03 Å². The Hall–Kier alpha value is -2.37. The van der Waals surface area contributed by atoms with Gasteiger partial charge < -0.3 is 10.4 Å². The third kappa shape index (κ3) is 2.69. The summed E-state index contributed by atoms with van der Waals surface area (Å²) >= 11 is 0. The molecule has 2 fully saturated rings. The summed E-state index contributed by atoms with van der Waals surface area (Å²) in [6.07, 6.45) is 5.83. The van der Waals surface area contributed by atoms with E-state index in [0.717, 1.165) is 41.0 Å². The SMILES string of the molecule is Cc1cc(/C=N/N2C(=O)NC3(CCCCC3)C2=O)cc(C)c1O. The van der Waals surface area contributed by atoms with E-state index in [4.69, 9.17) is 0 Å². The zero-order chi connectivity index (χ0) is 16.6. The van der Waals surface area contributed by atoms with Gasteiger partial charge in [0.15, 0.2) is 0 Å². The lowest BCUT2D eigenvalue weighted by atomic mass is 9.82. The molecule has 0 unspecified atom stereocenters. The van der Waals surface area contributed by atoms with Gasteiger partial charge in [0, 0.05) is 0 Å². The van der Waals surface area contributed by atoms with Gasteiger partial charge in [-0.3, -0.25) is 4.79 Å². The Labute approximate surface area is 135 Å². The molecule has 23 heavy (non-hydrogen) atoms. The molecule has 0 bridgehead atoms. The quantitative estimate of drug-likeness (QED) is 0.650. The van der Waals surface area contributed by atoms with Crippen LogP contribution in [0.15, 0.2) is 17.2 Å². The van der Waals surface area contributed by atoms with Gasteiger partial charge in [-0.05, 0) is 55.5 Å². The highest BCUT2D eigenvalue weighted by molar-refractivity contribution is 6.07. The minimum absolute atomic E-state index is 0.248. The number of hydrazone groups is 1. The zero-order valence-electron chi connectivity index (χ0n) is 13.4. The van der Waals surface area contributed by atoms with Crippen LogP contribution in [-0.4, -0.2) is 33.8 Å². The Morgan fingerprint density at radius 3 is 2.39 bits per heavy atom. The molecule has 1 aromatic carbocycles. The minimum atomic E-state index is -0.756. The van der Waals surface area contributed by atoms with Crippen molar-refractivity contribution in [2.45, 2.75) is 51.5 Å². The number of carbonyl (C=O) groups excluding carboxylic acids is 2. The van der Waals surface area contributed by atoms with Crippen LogP contribution in [0.3, 0.4) is 0 Å². The first kappa shape index (κ1) is 15.5. The monoisotopic (exact) mass is 315 g/mol. The number of imide groups is 1. The number of nitrogens with zero attached hydrogens (tertiary/aromatic N) is 2. The molecule has 1 aliphatic carbocycles. The van der Waals surface area contributed by atoms with Crippen molar-refractivity contribution >= 4 is 18.2 Å². The molecule has 2 aliphatic rings. The maximum absolute atomic E-state index is 12.6. The molecule has 0 aromatic heterocycles. The molecule has 122 valence electrons. The summed E-state index contributed by atoms with van der Waals surface area (Å²) in [4.78, 5) is 24.7. The zero-order valence-corrected chi connectivity index (χ0v) is 13.4. The molecule has 1 aromatic rings. The smallest absolute Gasteiger partial charge is 0.346 e. The van der Waals surface area contributed by atoms with Crippen LogP contribution < -0.4 is 5.32 Å². The second-order valence-corrected chi connectivity index (χ2v) is 6.44. The van der Waals surface area contributed by atoms with Crippen LogP contribution in [0.5, 0.6) is 5.75 Å². The van der Waals surface area contributed by atoms with E-state index in [1.54, 1.807) is 26.0 Å². The first-order valence-electron chi connectivity index (χ1n) is 7.94. The van der Waals surface area contributed by atoms with Gasteiger partial charge in [-0.2, -0.15) is 5.10 Å². The summed E-state index contributed by atoms with van der Waals surface area (Å²) in [5, 5.41) is 17.6. The van der Waals surface area contributed by atoms with Gasteiger partial charge in [0.25, 0.3) is 5.91 Å². The van der Waals surface area contributed by atoms with Crippen LogP contribution in [0.2, 0.25) is 0 Å². The molecule has 6 nitrogen and oxygen atoms in total. The first-order chi connectivity index (χ1) is 10.9. The van der Waals surface area contributed by atoms with E-state index in [1.165, 1.54) is 6.21 Å². The molecule has 3 amide bonds. The Morgan fingerprint density at radius 2 is 1.78 bits per heavy atom. The molecule has 2 N–H and O–H groups in total. The third-order valence-corrected chi connectivity index (χ3v) is 4.68. The van der Waals surface area contributed by atoms with Crippen molar-refractivity contribution in [3.63, 3.8) is 0 Å². The van der Waals surface area contributed by atoms with Crippen LogP contribution in [0.1, 0.15) is 48.8 Å². The second kappa shape index (κ2) is 5.68. The largest absolute Gasteiger partial charge is 0.507 e. The lowest BCUT2D eigenvalue weighted by Crippen LogP contribution is -2.48. The van der Waals surface area contributed by atoms with Crippen LogP contribution in [0.25, 0.3) is 0 Å². The van der Waals surface area contributed by atoms with Crippen molar-refractivity contribution in [3.05, 3.63) is 28.8 Å². The van der Waals surface area contributed by atoms with E-state index in [-0.39, 0.29) is 11.7 Å². The standard InChI is InChI=1S/C17H21N3O3/c1-11-8-13(9-12(2)14(11)21)10-18-20-15(22)17(19-16(20)23)6-4-3-5-7-17/h8-10,21H,3-7H2,1-2H3,(H,19,23)/b18-10+. The van der Waals surface area contributed by atoms with Gasteiger partial charge in [-0.1, -0.05) is 19.3 Å². The first-order valence-corrected chi connectivity index (χ1v) is 7.94. The number of benzene rings is 1. The average molecular weight is 315 g/mol. The maximum Gasteiger partial charge on any atom is 0.346 e. The Balaban J connectivity index is 1.82. The number of amides is 3. The molecular formula is C17H21N3O3. The van der Waals surface area contributed by atoms with Crippen molar-refractivity contribution in [2.75, 3.05) is 0 Å². The summed E-state index contributed by atoms with van der Waals surface area (Å²) in [5.41, 5.74) is 1.44. The summed E-state index contributed by atoms with van der Waals surface area (Å²) in [7, 11) is 0. The second-order valence-electron chi connectivity index (χ2n) is 6.44. The number of aromatic hydroxyl groups is 1. The fraction of sp³-hybridized carbons (Fsp3) is 0.471. The summed E-state index contributed by atoms with van der Waals surface area (Å²) < 4.78 is 0.